The highest BCUT2D eigenvalue weighted by molar-refractivity contribution is 6.33. The Labute approximate surface area is 474 Å². The van der Waals surface area contributed by atoms with E-state index in [1.807, 2.05) is 0 Å². The van der Waals surface area contributed by atoms with Crippen LogP contribution in [0.5, 0.6) is 0 Å². The van der Waals surface area contributed by atoms with Crippen LogP contribution in [0.15, 0.2) is 122 Å². The molecule has 0 bridgehead atoms. The average molecular weight is 1180 g/mol. The number of nitrogens with zero attached hydrogens (tertiary/aromatic N) is 6. The fraction of sp³-hybridized carbons (Fsp3) is 0.245. The number of nitrogens with two attached hydrogens (primary N) is 2. The number of rotatable bonds is 19. The quantitative estimate of drug-likeness (QED) is 0.0106. The number of hydrogen-bond donors (Lipinski definition) is 9. The summed E-state index contributed by atoms with van der Waals surface area (Å²) in [4.78, 5) is 87.9. The summed E-state index contributed by atoms with van der Waals surface area (Å²) in [5.41, 5.74) is 13.4. The zero-order chi connectivity index (χ0) is 59.4. The van der Waals surface area contributed by atoms with Crippen molar-refractivity contribution in [2.75, 3.05) is 92.1 Å². The minimum Gasteiger partial charge on any atom is -0.483 e. The van der Waals surface area contributed by atoms with Crippen LogP contribution in [0.3, 0.4) is 0 Å². The third-order valence-corrected chi connectivity index (χ3v) is 9.21. The molecule has 28 nitrogen and oxygen atoms in total. The lowest BCUT2D eigenvalue weighted by Gasteiger charge is -2.07. The molecule has 0 unspecified atom stereocenters. The van der Waals surface area contributed by atoms with Crippen molar-refractivity contribution in [1.29, 1.82) is 0 Å². The number of nitro benzene ring substituents is 2. The van der Waals surface area contributed by atoms with Gasteiger partial charge in [-0.3, -0.25) is 39.4 Å². The number of carbonyl (C=O) groups is 5. The lowest BCUT2D eigenvalue weighted by Crippen LogP contribution is -2.26. The van der Waals surface area contributed by atoms with Crippen LogP contribution in [-0.2, 0) is 23.7 Å². The van der Waals surface area contributed by atoms with E-state index in [1.54, 1.807) is 75.9 Å². The fourth-order valence-corrected chi connectivity index (χ4v) is 5.38. The molecular weight excluding hydrogens is 1120 g/mol. The predicted octanol–water partition coefficient (Wildman–Crippen LogP) is 6.40. The van der Waals surface area contributed by atoms with Gasteiger partial charge in [0.1, 0.15) is 33.9 Å². The number of carboxylic acid groups (broad SMARTS) is 2. The molecule has 434 valence electrons. The van der Waals surface area contributed by atoms with Crippen molar-refractivity contribution >= 4 is 93.5 Å². The van der Waals surface area contributed by atoms with Crippen molar-refractivity contribution < 1.29 is 63.0 Å². The number of hydrogen-bond acceptors (Lipinski definition) is 21. The standard InChI is InChI=1S/C14H15ClN4O2.C10H12N2O4.C10H14N2O2.C7H5NO4.C4H2Cl2N2.C3H9NO.CH2O2.H3N/c1-21-7-6-16-14(20)10-2-4-11(5-3-10)19-13-8-12(15)17-9-18-13;1-16-7-6-11-10(13)8-2-4-9(5-3-8)12(14)15;1-14-7-6-12-10(13)8-2-4-9(11)5-3-8;9-7(10)5-1-3-6(4-2-5)8(11)12;5-3-1-4(6)8-2-7-3;1-5-3-2-4;2-1-3;/h2-5,8-9H,6-7H2,1H3,(H,16,20)(H,17,18,19);2-5H,6-7H2,1H3,(H,11,13);2-5H,6-7,11H2,1H3,(H,12,13);1-4H,(H,9,10);1-2H;2-4H2,1H3;1H,(H,2,3);1H3. The number of halogens is 3. The van der Waals surface area contributed by atoms with Gasteiger partial charge < -0.3 is 68.0 Å². The molecule has 2 heterocycles. The Bertz CT molecular complexity index is 2670. The highest BCUT2D eigenvalue weighted by atomic mass is 35.5. The smallest absolute Gasteiger partial charge is 0.335 e. The Balaban J connectivity index is 0. The summed E-state index contributed by atoms with van der Waals surface area (Å²) in [6.45, 7) is 3.87. The Morgan fingerprint density at radius 1 is 0.575 bits per heavy atom. The molecule has 4 aromatic carbocycles. The zero-order valence-electron chi connectivity index (χ0n) is 43.7. The van der Waals surface area contributed by atoms with E-state index < -0.39 is 15.8 Å². The molecule has 0 aliphatic carbocycles. The number of nitrogen functional groups attached to an aromatic ring is 1. The number of ether oxygens (including phenoxy) is 4. The molecule has 6 rings (SSSR count). The summed E-state index contributed by atoms with van der Waals surface area (Å²) >= 11 is 16.6. The highest BCUT2D eigenvalue weighted by Crippen LogP contribution is 2.17. The number of methoxy groups -OCH3 is 4. The van der Waals surface area contributed by atoms with Crippen molar-refractivity contribution in [3.05, 3.63) is 180 Å². The van der Waals surface area contributed by atoms with Crippen molar-refractivity contribution in [1.82, 2.24) is 42.0 Å². The number of carbonyl (C=O) groups excluding carboxylic acids is 3. The molecular formula is C49H62Cl3N13O15. The predicted molar refractivity (Wildman–Crippen MR) is 300 cm³/mol. The van der Waals surface area contributed by atoms with Crippen LogP contribution in [0, 0.1) is 20.2 Å². The second kappa shape index (κ2) is 45.4. The summed E-state index contributed by atoms with van der Waals surface area (Å²) in [5.74, 6) is -1.02. The molecule has 0 radical (unpaired) electrons. The van der Waals surface area contributed by atoms with E-state index in [0.29, 0.717) is 96.3 Å². The topological polar surface area (TPSA) is 436 Å². The van der Waals surface area contributed by atoms with E-state index >= 15 is 0 Å². The maximum atomic E-state index is 11.8. The summed E-state index contributed by atoms with van der Waals surface area (Å²) in [7, 11) is 6.35. The van der Waals surface area contributed by atoms with Crippen LogP contribution in [0.1, 0.15) is 41.4 Å². The number of nitro groups is 2. The number of nitrogens with one attached hydrogen (secondary N) is 4. The second-order valence-corrected chi connectivity index (χ2v) is 15.4. The number of benzene rings is 4. The van der Waals surface area contributed by atoms with Gasteiger partial charge in [0.25, 0.3) is 35.6 Å². The SMILES string of the molecule is COCCN.COCCNC(=O)c1ccc(N)cc1.COCCNC(=O)c1ccc(Nc2cc(Cl)ncn2)cc1.COCCNC(=O)c1ccc([N+](=O)[O-])cc1.Clc1cc(Cl)ncn1.N.O=C(O)c1ccc([N+](=O)[O-])cc1.O=CO. The summed E-state index contributed by atoms with van der Waals surface area (Å²) in [6.07, 6.45) is 2.69. The Hall–Kier alpha value is -8.58. The van der Waals surface area contributed by atoms with Gasteiger partial charge in [-0.15, -0.1) is 0 Å². The van der Waals surface area contributed by atoms with Crippen molar-refractivity contribution in [3.63, 3.8) is 0 Å². The second-order valence-electron chi connectivity index (χ2n) is 14.3. The van der Waals surface area contributed by atoms with Gasteiger partial charge in [0.2, 0.25) is 0 Å². The normalized spacial score (nSPS) is 9.35. The first-order chi connectivity index (χ1) is 37.8. The summed E-state index contributed by atoms with van der Waals surface area (Å²) in [5, 5.41) is 48.1. The van der Waals surface area contributed by atoms with E-state index in [2.05, 4.69) is 45.9 Å². The zero-order valence-corrected chi connectivity index (χ0v) is 45.9. The average Bonchev–Trinajstić information content (AvgIpc) is 3.43. The molecule has 13 N–H and O–H groups in total. The molecule has 0 aliphatic heterocycles. The van der Waals surface area contributed by atoms with Crippen molar-refractivity contribution in [3.8, 4) is 0 Å². The van der Waals surface area contributed by atoms with Crippen LogP contribution in [0.25, 0.3) is 0 Å². The van der Waals surface area contributed by atoms with Gasteiger partial charge in [0, 0.05) is 119 Å². The number of amides is 3. The molecule has 0 atom stereocenters. The van der Waals surface area contributed by atoms with E-state index in [0.717, 1.165) is 17.8 Å². The first kappa shape index (κ1) is 73.5. The lowest BCUT2D eigenvalue weighted by atomic mass is 10.2. The Morgan fingerprint density at radius 2 is 0.900 bits per heavy atom. The third kappa shape index (κ3) is 35.0. The van der Waals surface area contributed by atoms with E-state index in [1.165, 1.54) is 62.2 Å². The highest BCUT2D eigenvalue weighted by Gasteiger charge is 2.10. The minimum absolute atomic E-state index is 0. The van der Waals surface area contributed by atoms with Gasteiger partial charge in [-0.25, -0.2) is 24.7 Å². The molecule has 2 aromatic heterocycles. The van der Waals surface area contributed by atoms with Gasteiger partial charge in [0.05, 0.1) is 41.8 Å². The Morgan fingerprint density at radius 3 is 1.19 bits per heavy atom. The first-order valence-electron chi connectivity index (χ1n) is 22.4. The number of aromatic carboxylic acids is 1. The van der Waals surface area contributed by atoms with Gasteiger partial charge in [0.15, 0.2) is 0 Å². The van der Waals surface area contributed by atoms with Gasteiger partial charge in [-0.05, 0) is 72.8 Å². The maximum Gasteiger partial charge on any atom is 0.335 e. The van der Waals surface area contributed by atoms with Crippen LogP contribution in [0.4, 0.5) is 28.6 Å². The van der Waals surface area contributed by atoms with E-state index in [4.69, 9.17) is 75.5 Å². The molecule has 0 fully saturated rings. The molecule has 80 heavy (non-hydrogen) atoms. The van der Waals surface area contributed by atoms with E-state index in [-0.39, 0.29) is 47.3 Å². The van der Waals surface area contributed by atoms with Gasteiger partial charge in [-0.1, -0.05) is 34.8 Å². The molecule has 0 saturated carbocycles. The number of aromatic nitrogens is 4. The molecule has 6 aromatic rings. The number of anilines is 3. The number of carboxylic acids is 1. The summed E-state index contributed by atoms with van der Waals surface area (Å²) < 4.78 is 19.0. The van der Waals surface area contributed by atoms with Crippen molar-refractivity contribution in [2.24, 2.45) is 5.73 Å². The third-order valence-electron chi connectivity index (χ3n) is 8.59. The van der Waals surface area contributed by atoms with Crippen molar-refractivity contribution in [2.45, 2.75) is 0 Å². The lowest BCUT2D eigenvalue weighted by molar-refractivity contribution is -0.385. The molecule has 31 heteroatoms. The summed E-state index contributed by atoms with van der Waals surface area (Å²) in [6, 6.07) is 27.1. The first-order valence-corrected chi connectivity index (χ1v) is 23.6. The van der Waals surface area contributed by atoms with Gasteiger partial charge >= 0.3 is 5.97 Å². The molecule has 0 saturated heterocycles. The van der Waals surface area contributed by atoms with Crippen LogP contribution >= 0.6 is 34.8 Å². The number of non-ortho nitro benzene ring substituents is 2. The Kier molecular flexibility index (Phi) is 41.7. The monoisotopic (exact) mass is 1180 g/mol. The maximum absolute atomic E-state index is 11.8. The van der Waals surface area contributed by atoms with Gasteiger partial charge in [-0.2, -0.15) is 0 Å². The van der Waals surface area contributed by atoms with Crippen LogP contribution in [-0.4, -0.2) is 151 Å². The minimum atomic E-state index is -1.09. The van der Waals surface area contributed by atoms with E-state index in [9.17, 15) is 39.4 Å². The largest absolute Gasteiger partial charge is 0.483 e. The fourth-order valence-electron chi connectivity index (χ4n) is 4.89. The van der Waals surface area contributed by atoms with Crippen LogP contribution < -0.4 is 38.9 Å². The molecule has 0 spiro atoms. The molecule has 3 amide bonds. The molecule has 0 aliphatic rings. The van der Waals surface area contributed by atoms with Crippen LogP contribution in [0.2, 0.25) is 15.5 Å².